The molecule has 0 saturated carbocycles. The van der Waals surface area contributed by atoms with E-state index in [4.69, 9.17) is 9.47 Å². The van der Waals surface area contributed by atoms with Gasteiger partial charge < -0.3 is 31.8 Å². The third-order valence-electron chi connectivity index (χ3n) is 5.25. The highest BCUT2D eigenvalue weighted by atomic mass is 35.5. The Labute approximate surface area is 170 Å². The maximum absolute atomic E-state index is 5.45. The monoisotopic (exact) mass is 393 g/mol. The van der Waals surface area contributed by atoms with Crippen LogP contribution in [-0.4, -0.2) is 11.4 Å². The quantitative estimate of drug-likeness (QED) is 0.562. The SMILES string of the molecule is CCn1c2ccccc2c2cc(CNCc3ccc4c(c3)OCO4)ccc21.[Cl-]. The summed E-state index contributed by atoms with van der Waals surface area (Å²) in [5.41, 5.74) is 5.10. The standard InChI is InChI=1S/C23H22N2O2.ClH/c1-2-25-20-6-4-3-5-18(20)19-11-16(7-9-21(19)25)13-24-14-17-8-10-22-23(12-17)27-15-26-22;/h3-12,24H,2,13-15H2,1H3;1H/p-1. The van der Waals surface area contributed by atoms with Crippen LogP contribution < -0.4 is 27.2 Å². The zero-order chi connectivity index (χ0) is 18.2. The third-order valence-corrected chi connectivity index (χ3v) is 5.25. The number of rotatable bonds is 5. The molecule has 0 spiro atoms. The van der Waals surface area contributed by atoms with E-state index >= 15 is 0 Å². The Balaban J connectivity index is 0.00000192. The van der Waals surface area contributed by atoms with Crippen LogP contribution in [0, 0.1) is 0 Å². The van der Waals surface area contributed by atoms with Gasteiger partial charge in [0.25, 0.3) is 0 Å². The van der Waals surface area contributed by atoms with E-state index in [1.807, 2.05) is 12.1 Å². The van der Waals surface area contributed by atoms with E-state index in [0.717, 1.165) is 31.1 Å². The molecule has 5 rings (SSSR count). The first kappa shape index (κ1) is 18.7. The molecular weight excluding hydrogens is 372 g/mol. The number of halogens is 1. The number of hydrogen-bond donors (Lipinski definition) is 1. The summed E-state index contributed by atoms with van der Waals surface area (Å²) in [6.45, 7) is 5.12. The Bertz CT molecular complexity index is 1140. The number of nitrogens with zero attached hydrogens (tertiary/aromatic N) is 1. The van der Waals surface area contributed by atoms with E-state index in [1.165, 1.54) is 32.9 Å². The van der Waals surface area contributed by atoms with Gasteiger partial charge in [-0.1, -0.05) is 30.3 Å². The van der Waals surface area contributed by atoms with Gasteiger partial charge in [0, 0.05) is 41.4 Å². The van der Waals surface area contributed by atoms with E-state index in [-0.39, 0.29) is 12.4 Å². The molecule has 5 heteroatoms. The molecule has 1 aliphatic heterocycles. The second-order valence-corrected chi connectivity index (χ2v) is 6.90. The molecular formula is C23H22ClN2O2-. The van der Waals surface area contributed by atoms with Crippen LogP contribution in [0.5, 0.6) is 11.5 Å². The number of benzene rings is 3. The van der Waals surface area contributed by atoms with Gasteiger partial charge in [-0.15, -0.1) is 0 Å². The summed E-state index contributed by atoms with van der Waals surface area (Å²) in [6, 6.07) is 21.5. The van der Waals surface area contributed by atoms with Crippen LogP contribution in [0.1, 0.15) is 18.1 Å². The number of ether oxygens (including phenoxy) is 2. The van der Waals surface area contributed by atoms with Crippen molar-refractivity contribution in [2.45, 2.75) is 26.6 Å². The average molecular weight is 394 g/mol. The smallest absolute Gasteiger partial charge is 0.231 e. The normalized spacial score (nSPS) is 12.5. The summed E-state index contributed by atoms with van der Waals surface area (Å²) in [5, 5.41) is 6.19. The second kappa shape index (κ2) is 7.74. The van der Waals surface area contributed by atoms with Crippen molar-refractivity contribution in [3.8, 4) is 11.5 Å². The second-order valence-electron chi connectivity index (χ2n) is 6.90. The molecule has 4 nitrogen and oxygen atoms in total. The molecule has 0 amide bonds. The van der Waals surface area contributed by atoms with Gasteiger partial charge >= 0.3 is 0 Å². The van der Waals surface area contributed by atoms with Crippen LogP contribution in [0.4, 0.5) is 0 Å². The highest BCUT2D eigenvalue weighted by Gasteiger charge is 2.13. The topological polar surface area (TPSA) is 35.4 Å². The molecule has 0 atom stereocenters. The van der Waals surface area contributed by atoms with E-state index in [9.17, 15) is 0 Å². The molecule has 28 heavy (non-hydrogen) atoms. The molecule has 1 aromatic heterocycles. The van der Waals surface area contributed by atoms with Crippen molar-refractivity contribution in [1.82, 2.24) is 9.88 Å². The van der Waals surface area contributed by atoms with Gasteiger partial charge in [-0.2, -0.15) is 0 Å². The van der Waals surface area contributed by atoms with Gasteiger partial charge in [-0.05, 0) is 48.4 Å². The van der Waals surface area contributed by atoms with Crippen molar-refractivity contribution in [2.75, 3.05) is 6.79 Å². The molecule has 144 valence electrons. The molecule has 1 aliphatic rings. The number of para-hydroxylation sites is 1. The summed E-state index contributed by atoms with van der Waals surface area (Å²) in [5.74, 6) is 1.67. The fourth-order valence-electron chi connectivity index (χ4n) is 3.95. The minimum absolute atomic E-state index is 0. The molecule has 1 N–H and O–H groups in total. The highest BCUT2D eigenvalue weighted by Crippen LogP contribution is 2.32. The fourth-order valence-corrected chi connectivity index (χ4v) is 3.95. The maximum Gasteiger partial charge on any atom is 0.231 e. The number of aryl methyl sites for hydroxylation is 1. The van der Waals surface area contributed by atoms with Crippen molar-refractivity contribution in [3.05, 3.63) is 71.8 Å². The minimum atomic E-state index is 0. The van der Waals surface area contributed by atoms with Gasteiger partial charge in [-0.25, -0.2) is 0 Å². The van der Waals surface area contributed by atoms with Crippen molar-refractivity contribution in [1.29, 1.82) is 0 Å². The minimum Gasteiger partial charge on any atom is -1.00 e. The first-order chi connectivity index (χ1) is 13.3. The van der Waals surface area contributed by atoms with Crippen LogP contribution in [-0.2, 0) is 19.6 Å². The largest absolute Gasteiger partial charge is 1.00 e. The Morgan fingerprint density at radius 2 is 1.54 bits per heavy atom. The summed E-state index contributed by atoms with van der Waals surface area (Å²) in [7, 11) is 0. The number of fused-ring (bicyclic) bond motifs is 4. The lowest BCUT2D eigenvalue weighted by molar-refractivity contribution is -0.00000692. The Morgan fingerprint density at radius 1 is 0.821 bits per heavy atom. The summed E-state index contributed by atoms with van der Waals surface area (Å²) in [6.07, 6.45) is 0. The van der Waals surface area contributed by atoms with Gasteiger partial charge in [-0.3, -0.25) is 0 Å². The van der Waals surface area contributed by atoms with Crippen molar-refractivity contribution in [3.63, 3.8) is 0 Å². The van der Waals surface area contributed by atoms with Crippen molar-refractivity contribution in [2.24, 2.45) is 0 Å². The first-order valence-corrected chi connectivity index (χ1v) is 9.42. The van der Waals surface area contributed by atoms with Gasteiger partial charge in [0.1, 0.15) is 0 Å². The van der Waals surface area contributed by atoms with Gasteiger partial charge in [0.15, 0.2) is 11.5 Å². The van der Waals surface area contributed by atoms with Crippen molar-refractivity contribution >= 4 is 21.8 Å². The molecule has 4 aromatic rings. The average Bonchev–Trinajstić information content (AvgIpc) is 3.29. The lowest BCUT2D eigenvalue weighted by Gasteiger charge is -2.07. The Hall–Kier alpha value is -2.69. The van der Waals surface area contributed by atoms with E-state index < -0.39 is 0 Å². The van der Waals surface area contributed by atoms with Crippen LogP contribution in [0.3, 0.4) is 0 Å². The molecule has 0 fully saturated rings. The predicted octanol–water partition coefficient (Wildman–Crippen LogP) is 1.84. The third kappa shape index (κ3) is 3.19. The lowest BCUT2D eigenvalue weighted by Crippen LogP contribution is -3.00. The van der Waals surface area contributed by atoms with E-state index in [0.29, 0.717) is 6.79 Å². The summed E-state index contributed by atoms with van der Waals surface area (Å²) in [4.78, 5) is 0. The Kier molecular flexibility index (Phi) is 5.16. The molecule has 0 radical (unpaired) electrons. The van der Waals surface area contributed by atoms with Crippen LogP contribution in [0.25, 0.3) is 21.8 Å². The zero-order valence-corrected chi connectivity index (χ0v) is 16.5. The first-order valence-electron chi connectivity index (χ1n) is 9.42. The molecule has 0 unspecified atom stereocenters. The highest BCUT2D eigenvalue weighted by molar-refractivity contribution is 6.08. The maximum atomic E-state index is 5.45. The van der Waals surface area contributed by atoms with Crippen molar-refractivity contribution < 1.29 is 21.9 Å². The van der Waals surface area contributed by atoms with E-state index in [2.05, 4.69) is 65.3 Å². The molecule has 0 aliphatic carbocycles. The summed E-state index contributed by atoms with van der Waals surface area (Å²) < 4.78 is 13.2. The van der Waals surface area contributed by atoms with Gasteiger partial charge in [0.05, 0.1) is 0 Å². The number of aromatic nitrogens is 1. The van der Waals surface area contributed by atoms with Gasteiger partial charge in [0.2, 0.25) is 6.79 Å². The molecule has 0 bridgehead atoms. The van der Waals surface area contributed by atoms with E-state index in [1.54, 1.807) is 0 Å². The molecule has 0 saturated heterocycles. The predicted molar refractivity (Wildman–Crippen MR) is 108 cm³/mol. The lowest BCUT2D eigenvalue weighted by atomic mass is 10.1. The van der Waals surface area contributed by atoms with Crippen LogP contribution >= 0.6 is 0 Å². The number of nitrogens with one attached hydrogen (secondary N) is 1. The number of hydrogen-bond acceptors (Lipinski definition) is 3. The summed E-state index contributed by atoms with van der Waals surface area (Å²) >= 11 is 0. The molecule has 3 aromatic carbocycles. The Morgan fingerprint density at radius 3 is 2.39 bits per heavy atom. The van der Waals surface area contributed by atoms with Crippen LogP contribution in [0.2, 0.25) is 0 Å². The molecule has 2 heterocycles. The fraction of sp³-hybridized carbons (Fsp3) is 0.217. The zero-order valence-electron chi connectivity index (χ0n) is 15.7. The van der Waals surface area contributed by atoms with Crippen LogP contribution in [0.15, 0.2) is 60.7 Å².